The molecule has 0 fully saturated rings. The highest BCUT2D eigenvalue weighted by molar-refractivity contribution is 5.76. The van der Waals surface area contributed by atoms with Crippen LogP contribution in [-0.4, -0.2) is 46.6 Å². The molecule has 8 nitrogen and oxygen atoms in total. The van der Waals surface area contributed by atoms with Crippen LogP contribution in [0, 0.1) is 0 Å². The van der Waals surface area contributed by atoms with Crippen molar-refractivity contribution in [2.45, 2.75) is 12.6 Å². The van der Waals surface area contributed by atoms with Crippen LogP contribution in [0.1, 0.15) is 5.56 Å². The van der Waals surface area contributed by atoms with Crippen molar-refractivity contribution < 1.29 is 19.4 Å². The zero-order chi connectivity index (χ0) is 13.5. The number of carbonyl (C=O) groups is 2. The Bertz CT molecular complexity index is 418. The number of hydrogen-bond acceptors (Lipinski definition) is 4. The number of ether oxygens (including phenoxy) is 1. The molecule has 0 aliphatic rings. The van der Waals surface area contributed by atoms with Crippen molar-refractivity contribution in [3.05, 3.63) is 18.0 Å². The zero-order valence-corrected chi connectivity index (χ0v) is 10.2. The number of aliphatic carboxylic acids is 1. The van der Waals surface area contributed by atoms with Gasteiger partial charge in [0, 0.05) is 32.5 Å². The third kappa shape index (κ3) is 4.42. The Labute approximate surface area is 104 Å². The molecule has 8 heteroatoms. The largest absolute Gasteiger partial charge is 0.479 e. The molecular formula is C10H16N4O4. The first-order valence-electron chi connectivity index (χ1n) is 5.27. The number of amides is 2. The van der Waals surface area contributed by atoms with Gasteiger partial charge in [0.2, 0.25) is 0 Å². The fraction of sp³-hybridized carbons (Fsp3) is 0.500. The van der Waals surface area contributed by atoms with Gasteiger partial charge in [-0.3, -0.25) is 4.68 Å². The first-order chi connectivity index (χ1) is 8.52. The Morgan fingerprint density at radius 2 is 2.28 bits per heavy atom. The molecule has 0 aromatic carbocycles. The summed E-state index contributed by atoms with van der Waals surface area (Å²) in [7, 11) is 3.05. The van der Waals surface area contributed by atoms with Gasteiger partial charge in [0.15, 0.2) is 6.10 Å². The third-order valence-corrected chi connectivity index (χ3v) is 2.22. The molecule has 0 aliphatic carbocycles. The molecule has 1 heterocycles. The summed E-state index contributed by atoms with van der Waals surface area (Å²) in [6.07, 6.45) is 2.36. The Balaban J connectivity index is 2.27. The van der Waals surface area contributed by atoms with E-state index in [1.54, 1.807) is 24.1 Å². The smallest absolute Gasteiger partial charge is 0.334 e. The number of urea groups is 1. The maximum Gasteiger partial charge on any atom is 0.334 e. The average molecular weight is 256 g/mol. The Morgan fingerprint density at radius 3 is 2.78 bits per heavy atom. The van der Waals surface area contributed by atoms with Gasteiger partial charge in [0.1, 0.15) is 0 Å². The topological polar surface area (TPSA) is 105 Å². The van der Waals surface area contributed by atoms with Gasteiger partial charge >= 0.3 is 12.0 Å². The van der Waals surface area contributed by atoms with Crippen molar-refractivity contribution in [2.75, 3.05) is 13.7 Å². The van der Waals surface area contributed by atoms with E-state index in [-0.39, 0.29) is 6.54 Å². The van der Waals surface area contributed by atoms with Gasteiger partial charge in [-0.2, -0.15) is 5.10 Å². The molecular weight excluding hydrogens is 240 g/mol. The number of methoxy groups -OCH3 is 1. The number of hydrogen-bond donors (Lipinski definition) is 3. The number of aromatic nitrogens is 2. The van der Waals surface area contributed by atoms with E-state index in [1.807, 2.05) is 0 Å². The lowest BCUT2D eigenvalue weighted by Crippen LogP contribution is -2.42. The van der Waals surface area contributed by atoms with Crippen LogP contribution in [0.15, 0.2) is 12.4 Å². The predicted molar refractivity (Wildman–Crippen MR) is 61.9 cm³/mol. The first-order valence-corrected chi connectivity index (χ1v) is 5.27. The summed E-state index contributed by atoms with van der Waals surface area (Å²) in [5, 5.41) is 17.6. The number of rotatable bonds is 6. The molecule has 0 aliphatic heterocycles. The Hall–Kier alpha value is -2.09. The number of carboxylic acids is 1. The lowest BCUT2D eigenvalue weighted by Gasteiger charge is -2.11. The number of aryl methyl sites for hydroxylation is 1. The maximum atomic E-state index is 11.4. The zero-order valence-electron chi connectivity index (χ0n) is 10.2. The van der Waals surface area contributed by atoms with E-state index in [2.05, 4.69) is 20.5 Å². The number of nitrogens with zero attached hydrogens (tertiary/aromatic N) is 2. The van der Waals surface area contributed by atoms with Crippen LogP contribution in [0.25, 0.3) is 0 Å². The highest BCUT2D eigenvalue weighted by atomic mass is 16.5. The molecule has 0 saturated carbocycles. The van der Waals surface area contributed by atoms with Crippen LogP contribution in [-0.2, 0) is 23.1 Å². The van der Waals surface area contributed by atoms with Gasteiger partial charge in [-0.1, -0.05) is 0 Å². The van der Waals surface area contributed by atoms with Crippen LogP contribution in [0.4, 0.5) is 4.79 Å². The van der Waals surface area contributed by atoms with Gasteiger partial charge < -0.3 is 20.5 Å². The summed E-state index contributed by atoms with van der Waals surface area (Å²) in [5.41, 5.74) is 0.856. The minimum atomic E-state index is -1.12. The molecule has 1 unspecified atom stereocenters. The van der Waals surface area contributed by atoms with Crippen molar-refractivity contribution in [3.8, 4) is 0 Å². The van der Waals surface area contributed by atoms with Crippen LogP contribution in [0.5, 0.6) is 0 Å². The summed E-state index contributed by atoms with van der Waals surface area (Å²) < 4.78 is 6.30. The Morgan fingerprint density at radius 1 is 1.56 bits per heavy atom. The van der Waals surface area contributed by atoms with Gasteiger partial charge in [-0.15, -0.1) is 0 Å². The molecule has 1 aromatic rings. The molecule has 0 saturated heterocycles. The lowest BCUT2D eigenvalue weighted by molar-refractivity contribution is -0.147. The minimum Gasteiger partial charge on any atom is -0.479 e. The molecule has 1 rings (SSSR count). The number of nitrogens with one attached hydrogen (secondary N) is 2. The summed E-state index contributed by atoms with van der Waals surface area (Å²) in [6, 6.07) is -0.456. The molecule has 1 aromatic heterocycles. The summed E-state index contributed by atoms with van der Waals surface area (Å²) >= 11 is 0. The molecule has 0 bridgehead atoms. The van der Waals surface area contributed by atoms with E-state index < -0.39 is 18.1 Å². The van der Waals surface area contributed by atoms with Gasteiger partial charge in [-0.25, -0.2) is 9.59 Å². The number of carboxylic acid groups (broad SMARTS) is 1. The van der Waals surface area contributed by atoms with E-state index in [0.717, 1.165) is 5.56 Å². The highest BCUT2D eigenvalue weighted by Gasteiger charge is 2.16. The van der Waals surface area contributed by atoms with Crippen LogP contribution in [0.2, 0.25) is 0 Å². The van der Waals surface area contributed by atoms with Crippen LogP contribution >= 0.6 is 0 Å². The monoisotopic (exact) mass is 256 g/mol. The fourth-order valence-electron chi connectivity index (χ4n) is 1.26. The van der Waals surface area contributed by atoms with Crippen molar-refractivity contribution in [2.24, 2.45) is 7.05 Å². The second kappa shape index (κ2) is 6.60. The van der Waals surface area contributed by atoms with Crippen LogP contribution in [0.3, 0.4) is 0 Å². The van der Waals surface area contributed by atoms with E-state index in [4.69, 9.17) is 5.11 Å². The lowest BCUT2D eigenvalue weighted by atomic mass is 10.3. The summed E-state index contributed by atoms with van der Waals surface area (Å²) in [4.78, 5) is 22.0. The van der Waals surface area contributed by atoms with Gasteiger partial charge in [-0.05, 0) is 0 Å². The van der Waals surface area contributed by atoms with E-state index in [9.17, 15) is 9.59 Å². The standard InChI is InChI=1S/C10H16N4O4/c1-14-6-7(4-13-14)3-11-10(17)12-5-8(18-2)9(15)16/h4,6,8H,3,5H2,1-2H3,(H,15,16)(H2,11,12,17). The molecule has 0 radical (unpaired) electrons. The van der Waals surface area contributed by atoms with Crippen molar-refractivity contribution in [1.82, 2.24) is 20.4 Å². The molecule has 0 spiro atoms. The van der Waals surface area contributed by atoms with E-state index >= 15 is 0 Å². The van der Waals surface area contributed by atoms with Crippen molar-refractivity contribution in [1.29, 1.82) is 0 Å². The molecule has 1 atom stereocenters. The van der Waals surface area contributed by atoms with Gasteiger partial charge in [0.25, 0.3) is 0 Å². The predicted octanol–water partition coefficient (Wildman–Crippen LogP) is -0.681. The fourth-order valence-corrected chi connectivity index (χ4v) is 1.26. The van der Waals surface area contributed by atoms with Gasteiger partial charge in [0.05, 0.1) is 12.7 Å². The van der Waals surface area contributed by atoms with E-state index in [0.29, 0.717) is 6.54 Å². The molecule has 3 N–H and O–H groups in total. The normalized spacial score (nSPS) is 11.9. The third-order valence-electron chi connectivity index (χ3n) is 2.22. The quantitative estimate of drug-likeness (QED) is 0.625. The van der Waals surface area contributed by atoms with Crippen molar-refractivity contribution in [3.63, 3.8) is 0 Å². The minimum absolute atomic E-state index is 0.0926. The molecule has 18 heavy (non-hydrogen) atoms. The molecule has 100 valence electrons. The van der Waals surface area contributed by atoms with E-state index in [1.165, 1.54) is 7.11 Å². The maximum absolute atomic E-state index is 11.4. The Kier molecular flexibility index (Phi) is 5.12. The summed E-state index contributed by atoms with van der Waals surface area (Å²) in [5.74, 6) is -1.12. The average Bonchev–Trinajstić information content (AvgIpc) is 2.73. The second-order valence-electron chi connectivity index (χ2n) is 3.65. The van der Waals surface area contributed by atoms with Crippen LogP contribution < -0.4 is 10.6 Å². The summed E-state index contributed by atoms with van der Waals surface area (Å²) in [6.45, 7) is 0.231. The number of carbonyl (C=O) groups excluding carboxylic acids is 1. The SMILES string of the molecule is COC(CNC(=O)NCc1cnn(C)c1)C(=O)O. The highest BCUT2D eigenvalue weighted by Crippen LogP contribution is 1.94. The van der Waals surface area contributed by atoms with Crippen molar-refractivity contribution >= 4 is 12.0 Å². The molecule has 2 amide bonds. The second-order valence-corrected chi connectivity index (χ2v) is 3.65. The first kappa shape index (κ1) is 14.0.